The van der Waals surface area contributed by atoms with Gasteiger partial charge in [0, 0.05) is 18.3 Å². The third-order valence-corrected chi connectivity index (χ3v) is 2.73. The second-order valence-electron chi connectivity index (χ2n) is 3.22. The summed E-state index contributed by atoms with van der Waals surface area (Å²) in [6.07, 6.45) is 4.95. The van der Waals surface area contributed by atoms with Crippen molar-refractivity contribution in [1.29, 1.82) is 0 Å². The van der Waals surface area contributed by atoms with Crippen LogP contribution in [0.25, 0.3) is 0 Å². The Morgan fingerprint density at radius 2 is 2.20 bits per heavy atom. The number of nitrogens with one attached hydrogen (secondary N) is 1. The molecule has 0 aliphatic heterocycles. The Kier molecular flexibility index (Phi) is 3.57. The van der Waals surface area contributed by atoms with E-state index in [1.807, 2.05) is 11.8 Å². The van der Waals surface area contributed by atoms with Crippen LogP contribution in [0, 0.1) is 5.92 Å². The van der Waals surface area contributed by atoms with E-state index in [4.69, 9.17) is 0 Å². The lowest BCUT2D eigenvalue weighted by Gasteiger charge is -2.33. The maximum absolute atomic E-state index is 3.53. The molecular formula is C8H17NS. The zero-order chi connectivity index (χ0) is 7.40. The summed E-state index contributed by atoms with van der Waals surface area (Å²) in [5.41, 5.74) is 0. The van der Waals surface area contributed by atoms with Gasteiger partial charge in [-0.05, 0) is 25.0 Å². The zero-order valence-corrected chi connectivity index (χ0v) is 7.71. The van der Waals surface area contributed by atoms with Crippen molar-refractivity contribution in [2.24, 2.45) is 5.92 Å². The molecule has 0 spiro atoms. The molecule has 0 atom stereocenters. The first-order valence-corrected chi connectivity index (χ1v) is 5.44. The molecule has 1 fully saturated rings. The first-order chi connectivity index (χ1) is 4.83. The lowest BCUT2D eigenvalue weighted by molar-refractivity contribution is 0.246. The third-order valence-electron chi connectivity index (χ3n) is 2.11. The molecule has 1 saturated carbocycles. The topological polar surface area (TPSA) is 12.0 Å². The molecule has 1 aliphatic rings. The van der Waals surface area contributed by atoms with Gasteiger partial charge in [-0.2, -0.15) is 11.8 Å². The predicted octanol–water partition coefficient (Wildman–Crippen LogP) is 1.74. The summed E-state index contributed by atoms with van der Waals surface area (Å²) in [5.74, 6) is 2.23. The summed E-state index contributed by atoms with van der Waals surface area (Å²) >= 11 is 1.92. The van der Waals surface area contributed by atoms with E-state index in [1.165, 1.54) is 25.1 Å². The van der Waals surface area contributed by atoms with Crippen molar-refractivity contribution in [3.8, 4) is 0 Å². The van der Waals surface area contributed by atoms with Crippen LogP contribution in [-0.4, -0.2) is 24.6 Å². The monoisotopic (exact) mass is 159 g/mol. The van der Waals surface area contributed by atoms with Gasteiger partial charge in [0.2, 0.25) is 0 Å². The summed E-state index contributed by atoms with van der Waals surface area (Å²) in [6, 6.07) is 0.849. The van der Waals surface area contributed by atoms with E-state index in [0.29, 0.717) is 0 Å². The van der Waals surface area contributed by atoms with Gasteiger partial charge in [0.15, 0.2) is 0 Å². The van der Waals surface area contributed by atoms with E-state index < -0.39 is 0 Å². The van der Waals surface area contributed by atoms with Gasteiger partial charge in [-0.1, -0.05) is 6.92 Å². The molecule has 1 rings (SSSR count). The Balaban J connectivity index is 1.86. The minimum absolute atomic E-state index is 0.849. The van der Waals surface area contributed by atoms with E-state index in [2.05, 4.69) is 18.5 Å². The standard InChI is InChI=1S/C8H17NS/c1-7-5-8(6-7)9-3-4-10-2/h7-9H,3-6H2,1-2H3. The summed E-state index contributed by atoms with van der Waals surface area (Å²) in [5, 5.41) is 3.53. The number of hydrogen-bond acceptors (Lipinski definition) is 2. The van der Waals surface area contributed by atoms with E-state index >= 15 is 0 Å². The van der Waals surface area contributed by atoms with Gasteiger partial charge in [0.25, 0.3) is 0 Å². The van der Waals surface area contributed by atoms with Gasteiger partial charge in [-0.25, -0.2) is 0 Å². The van der Waals surface area contributed by atoms with Crippen molar-refractivity contribution in [3.63, 3.8) is 0 Å². The van der Waals surface area contributed by atoms with Crippen LogP contribution >= 0.6 is 11.8 Å². The number of rotatable bonds is 4. The van der Waals surface area contributed by atoms with Crippen LogP contribution in [0.5, 0.6) is 0 Å². The molecular weight excluding hydrogens is 142 g/mol. The third kappa shape index (κ3) is 2.51. The highest BCUT2D eigenvalue weighted by Gasteiger charge is 2.23. The van der Waals surface area contributed by atoms with Crippen molar-refractivity contribution in [1.82, 2.24) is 5.32 Å². The molecule has 1 nitrogen and oxygen atoms in total. The molecule has 1 N–H and O–H groups in total. The van der Waals surface area contributed by atoms with E-state index in [0.717, 1.165) is 12.0 Å². The van der Waals surface area contributed by atoms with Crippen LogP contribution in [0.4, 0.5) is 0 Å². The Hall–Kier alpha value is 0.310. The highest BCUT2D eigenvalue weighted by atomic mass is 32.2. The van der Waals surface area contributed by atoms with Crippen LogP contribution in [0.1, 0.15) is 19.8 Å². The van der Waals surface area contributed by atoms with Crippen LogP contribution in [-0.2, 0) is 0 Å². The average Bonchev–Trinajstić information content (AvgIpc) is 1.85. The highest BCUT2D eigenvalue weighted by Crippen LogP contribution is 2.25. The van der Waals surface area contributed by atoms with Gasteiger partial charge in [0.1, 0.15) is 0 Å². The molecule has 0 saturated heterocycles. The van der Waals surface area contributed by atoms with Crippen molar-refractivity contribution in [2.75, 3.05) is 18.6 Å². The lowest BCUT2D eigenvalue weighted by atomic mass is 9.82. The fourth-order valence-corrected chi connectivity index (χ4v) is 1.76. The fourth-order valence-electron chi connectivity index (χ4n) is 1.43. The Morgan fingerprint density at radius 3 is 2.70 bits per heavy atom. The van der Waals surface area contributed by atoms with Crippen molar-refractivity contribution in [2.45, 2.75) is 25.8 Å². The molecule has 0 heterocycles. The van der Waals surface area contributed by atoms with E-state index in [1.54, 1.807) is 0 Å². The molecule has 0 amide bonds. The second-order valence-corrected chi connectivity index (χ2v) is 4.21. The predicted molar refractivity (Wildman–Crippen MR) is 48.6 cm³/mol. The molecule has 60 valence electrons. The lowest BCUT2D eigenvalue weighted by Crippen LogP contribution is -2.40. The van der Waals surface area contributed by atoms with Crippen LogP contribution < -0.4 is 5.32 Å². The molecule has 0 unspecified atom stereocenters. The molecule has 2 heteroatoms. The smallest absolute Gasteiger partial charge is 0.00724 e. The number of thioether (sulfide) groups is 1. The molecule has 10 heavy (non-hydrogen) atoms. The first-order valence-electron chi connectivity index (χ1n) is 4.05. The minimum atomic E-state index is 0.849. The fraction of sp³-hybridized carbons (Fsp3) is 1.00. The van der Waals surface area contributed by atoms with Crippen LogP contribution in [0.3, 0.4) is 0 Å². The summed E-state index contributed by atoms with van der Waals surface area (Å²) in [7, 11) is 0. The molecule has 0 aromatic carbocycles. The zero-order valence-electron chi connectivity index (χ0n) is 6.89. The highest BCUT2D eigenvalue weighted by molar-refractivity contribution is 7.98. The first kappa shape index (κ1) is 8.41. The quantitative estimate of drug-likeness (QED) is 0.627. The molecule has 0 aromatic heterocycles. The normalized spacial score (nSPS) is 31.8. The van der Waals surface area contributed by atoms with Gasteiger partial charge in [-0.3, -0.25) is 0 Å². The van der Waals surface area contributed by atoms with Crippen molar-refractivity contribution in [3.05, 3.63) is 0 Å². The summed E-state index contributed by atoms with van der Waals surface area (Å²) < 4.78 is 0. The summed E-state index contributed by atoms with van der Waals surface area (Å²) in [6.45, 7) is 3.52. The van der Waals surface area contributed by atoms with Crippen molar-refractivity contribution < 1.29 is 0 Å². The molecule has 1 aliphatic carbocycles. The Morgan fingerprint density at radius 1 is 1.50 bits per heavy atom. The average molecular weight is 159 g/mol. The Bertz CT molecular complexity index is 89.3. The Labute approximate surface area is 68.0 Å². The largest absolute Gasteiger partial charge is 0.313 e. The second kappa shape index (κ2) is 4.24. The SMILES string of the molecule is CSCCNC1CC(C)C1. The molecule has 0 aromatic rings. The van der Waals surface area contributed by atoms with E-state index in [-0.39, 0.29) is 0 Å². The van der Waals surface area contributed by atoms with Gasteiger partial charge in [-0.15, -0.1) is 0 Å². The van der Waals surface area contributed by atoms with E-state index in [9.17, 15) is 0 Å². The maximum atomic E-state index is 3.53. The molecule has 0 radical (unpaired) electrons. The van der Waals surface area contributed by atoms with Gasteiger partial charge < -0.3 is 5.32 Å². The van der Waals surface area contributed by atoms with Gasteiger partial charge in [0.05, 0.1) is 0 Å². The van der Waals surface area contributed by atoms with Crippen LogP contribution in [0.15, 0.2) is 0 Å². The molecule has 0 bridgehead atoms. The van der Waals surface area contributed by atoms with Gasteiger partial charge >= 0.3 is 0 Å². The number of hydrogen-bond donors (Lipinski definition) is 1. The van der Waals surface area contributed by atoms with Crippen molar-refractivity contribution >= 4 is 11.8 Å². The summed E-state index contributed by atoms with van der Waals surface area (Å²) in [4.78, 5) is 0. The minimum Gasteiger partial charge on any atom is -0.313 e. The van der Waals surface area contributed by atoms with Crippen LogP contribution in [0.2, 0.25) is 0 Å². The maximum Gasteiger partial charge on any atom is 0.00724 e.